The average molecular weight is 308 g/mol. The van der Waals surface area contributed by atoms with E-state index < -0.39 is 5.54 Å². The fraction of sp³-hybridized carbons (Fsp3) is 0.538. The van der Waals surface area contributed by atoms with Crippen molar-refractivity contribution in [2.75, 3.05) is 6.54 Å². The Labute approximate surface area is 127 Å². The van der Waals surface area contributed by atoms with Crippen molar-refractivity contribution in [3.05, 3.63) is 29.6 Å². The Hall–Kier alpha value is -0.840. The van der Waals surface area contributed by atoms with Gasteiger partial charge < -0.3 is 11.1 Å². The van der Waals surface area contributed by atoms with Crippen LogP contribution in [0.15, 0.2) is 18.2 Å². The van der Waals surface area contributed by atoms with Gasteiger partial charge in [0.25, 0.3) is 5.91 Å². The number of nitrogens with zero attached hydrogens (tertiary/aromatic N) is 1. The van der Waals surface area contributed by atoms with E-state index in [0.717, 1.165) is 5.69 Å². The van der Waals surface area contributed by atoms with Gasteiger partial charge in [-0.2, -0.15) is 0 Å². The zero-order valence-electron chi connectivity index (χ0n) is 11.8. The summed E-state index contributed by atoms with van der Waals surface area (Å²) in [6.45, 7) is 8.29. The second-order valence-corrected chi connectivity index (χ2v) is 4.89. The summed E-state index contributed by atoms with van der Waals surface area (Å²) in [5, 5.41) is 2.96. The fourth-order valence-electron chi connectivity index (χ4n) is 1.42. The van der Waals surface area contributed by atoms with E-state index in [9.17, 15) is 4.79 Å². The van der Waals surface area contributed by atoms with Crippen LogP contribution in [0, 0.1) is 12.8 Å². The van der Waals surface area contributed by atoms with Crippen LogP contribution < -0.4 is 11.1 Å². The van der Waals surface area contributed by atoms with Gasteiger partial charge in [0.15, 0.2) is 0 Å². The third kappa shape index (κ3) is 5.35. The number of aromatic nitrogens is 1. The van der Waals surface area contributed by atoms with Crippen molar-refractivity contribution < 1.29 is 4.79 Å². The van der Waals surface area contributed by atoms with E-state index in [1.54, 1.807) is 6.07 Å². The molecule has 0 aromatic carbocycles. The third-order valence-electron chi connectivity index (χ3n) is 3.22. The molecule has 1 aromatic heterocycles. The summed E-state index contributed by atoms with van der Waals surface area (Å²) in [6, 6.07) is 5.40. The SMILES string of the molecule is Cc1cccc(C(=O)NC(C)(CN)C(C)C)n1.Cl.Cl. The molecule has 4 nitrogen and oxygen atoms in total. The molecule has 0 fully saturated rings. The maximum absolute atomic E-state index is 12.0. The van der Waals surface area contributed by atoms with Crippen LogP contribution in [0.5, 0.6) is 0 Å². The molecule has 1 atom stereocenters. The molecule has 1 unspecified atom stereocenters. The van der Waals surface area contributed by atoms with Gasteiger partial charge >= 0.3 is 0 Å². The summed E-state index contributed by atoms with van der Waals surface area (Å²) < 4.78 is 0. The molecule has 0 spiro atoms. The van der Waals surface area contributed by atoms with Crippen LogP contribution in [-0.4, -0.2) is 23.0 Å². The van der Waals surface area contributed by atoms with Crippen molar-refractivity contribution in [1.82, 2.24) is 10.3 Å². The minimum atomic E-state index is -0.400. The third-order valence-corrected chi connectivity index (χ3v) is 3.22. The molecule has 0 aliphatic carbocycles. The molecule has 3 N–H and O–H groups in total. The number of nitrogens with one attached hydrogen (secondary N) is 1. The number of pyridine rings is 1. The molecule has 1 aromatic rings. The molecule has 0 bridgehead atoms. The molecular weight excluding hydrogens is 285 g/mol. The monoisotopic (exact) mass is 307 g/mol. The Bertz CT molecular complexity index is 413. The molecular formula is C13H23Cl2N3O. The van der Waals surface area contributed by atoms with Crippen LogP contribution in [0.1, 0.15) is 37.0 Å². The second-order valence-electron chi connectivity index (χ2n) is 4.89. The molecule has 1 heterocycles. The number of hydrogen-bond donors (Lipinski definition) is 2. The summed E-state index contributed by atoms with van der Waals surface area (Å²) in [5.41, 5.74) is 6.59. The number of aryl methyl sites for hydroxylation is 1. The number of halogens is 2. The fourth-order valence-corrected chi connectivity index (χ4v) is 1.42. The standard InChI is InChI=1S/C13H21N3O.2ClH/c1-9(2)13(4,8-14)16-12(17)11-7-5-6-10(3)15-11;;/h5-7,9H,8,14H2,1-4H3,(H,16,17);2*1H. The second kappa shape index (κ2) is 8.35. The van der Waals surface area contributed by atoms with Crippen LogP contribution >= 0.6 is 24.8 Å². The maximum atomic E-state index is 12.0. The predicted molar refractivity (Wildman–Crippen MR) is 83.2 cm³/mol. The highest BCUT2D eigenvalue weighted by Gasteiger charge is 2.29. The van der Waals surface area contributed by atoms with Gasteiger partial charge in [0.2, 0.25) is 0 Å². The zero-order valence-corrected chi connectivity index (χ0v) is 13.4. The summed E-state index contributed by atoms with van der Waals surface area (Å²) in [7, 11) is 0. The largest absolute Gasteiger partial charge is 0.344 e. The van der Waals surface area contributed by atoms with Crippen molar-refractivity contribution in [1.29, 1.82) is 0 Å². The van der Waals surface area contributed by atoms with E-state index >= 15 is 0 Å². The van der Waals surface area contributed by atoms with Gasteiger partial charge in [-0.3, -0.25) is 4.79 Å². The first-order valence-electron chi connectivity index (χ1n) is 5.85. The lowest BCUT2D eigenvalue weighted by Crippen LogP contribution is -2.55. The van der Waals surface area contributed by atoms with Crippen LogP contribution in [0.25, 0.3) is 0 Å². The van der Waals surface area contributed by atoms with E-state index in [-0.39, 0.29) is 36.6 Å². The van der Waals surface area contributed by atoms with Crippen LogP contribution in [0.4, 0.5) is 0 Å². The Morgan fingerprint density at radius 2 is 2.00 bits per heavy atom. The highest BCUT2D eigenvalue weighted by molar-refractivity contribution is 5.92. The van der Waals surface area contributed by atoms with Gasteiger partial charge in [0.1, 0.15) is 5.69 Å². The van der Waals surface area contributed by atoms with Crippen molar-refractivity contribution >= 4 is 30.7 Å². The average Bonchev–Trinajstić information content (AvgIpc) is 2.28. The van der Waals surface area contributed by atoms with Crippen molar-refractivity contribution in [3.8, 4) is 0 Å². The molecule has 19 heavy (non-hydrogen) atoms. The van der Waals surface area contributed by atoms with Crippen LogP contribution in [-0.2, 0) is 0 Å². The quantitative estimate of drug-likeness (QED) is 0.897. The lowest BCUT2D eigenvalue weighted by atomic mass is 9.88. The van der Waals surface area contributed by atoms with Crippen LogP contribution in [0.2, 0.25) is 0 Å². The van der Waals surface area contributed by atoms with Gasteiger partial charge in [-0.15, -0.1) is 24.8 Å². The highest BCUT2D eigenvalue weighted by Crippen LogP contribution is 2.15. The van der Waals surface area contributed by atoms with E-state index in [0.29, 0.717) is 12.2 Å². The Morgan fingerprint density at radius 1 is 1.42 bits per heavy atom. The number of nitrogens with two attached hydrogens (primary N) is 1. The molecule has 6 heteroatoms. The van der Waals surface area contributed by atoms with E-state index in [1.165, 1.54) is 0 Å². The molecule has 0 aliphatic heterocycles. The van der Waals surface area contributed by atoms with Gasteiger partial charge in [-0.25, -0.2) is 4.98 Å². The predicted octanol–water partition coefficient (Wildman–Crippen LogP) is 2.34. The molecule has 0 aliphatic rings. The Morgan fingerprint density at radius 3 is 2.42 bits per heavy atom. The van der Waals surface area contributed by atoms with Crippen molar-refractivity contribution in [2.24, 2.45) is 11.7 Å². The Balaban J connectivity index is 0. The number of amides is 1. The summed E-state index contributed by atoms with van der Waals surface area (Å²) in [4.78, 5) is 16.2. The molecule has 0 saturated carbocycles. The lowest BCUT2D eigenvalue weighted by molar-refractivity contribution is 0.0878. The highest BCUT2D eigenvalue weighted by atomic mass is 35.5. The minimum absolute atomic E-state index is 0. The molecule has 0 saturated heterocycles. The van der Waals surface area contributed by atoms with Gasteiger partial charge in [0, 0.05) is 12.2 Å². The normalized spacial score (nSPS) is 12.9. The summed E-state index contributed by atoms with van der Waals surface area (Å²) >= 11 is 0. The zero-order chi connectivity index (χ0) is 13.1. The number of hydrogen-bond acceptors (Lipinski definition) is 3. The topological polar surface area (TPSA) is 68.0 Å². The van der Waals surface area contributed by atoms with Crippen LogP contribution in [0.3, 0.4) is 0 Å². The number of carbonyl (C=O) groups is 1. The van der Waals surface area contributed by atoms with E-state index in [2.05, 4.69) is 10.3 Å². The number of carbonyl (C=O) groups excluding carboxylic acids is 1. The summed E-state index contributed by atoms with van der Waals surface area (Å²) in [5.74, 6) is 0.0941. The summed E-state index contributed by atoms with van der Waals surface area (Å²) in [6.07, 6.45) is 0. The molecule has 1 rings (SSSR count). The molecule has 1 amide bonds. The first kappa shape index (κ1) is 20.5. The number of rotatable bonds is 4. The van der Waals surface area contributed by atoms with Crippen molar-refractivity contribution in [2.45, 2.75) is 33.2 Å². The Kier molecular flexibility index (Phi) is 9.00. The maximum Gasteiger partial charge on any atom is 0.270 e. The van der Waals surface area contributed by atoms with Gasteiger partial charge in [0.05, 0.1) is 5.54 Å². The van der Waals surface area contributed by atoms with E-state index in [4.69, 9.17) is 5.73 Å². The van der Waals surface area contributed by atoms with Crippen molar-refractivity contribution in [3.63, 3.8) is 0 Å². The van der Waals surface area contributed by atoms with E-state index in [1.807, 2.05) is 39.8 Å². The molecule has 0 radical (unpaired) electrons. The van der Waals surface area contributed by atoms with Gasteiger partial charge in [-0.05, 0) is 31.9 Å². The molecule has 110 valence electrons. The lowest BCUT2D eigenvalue weighted by Gasteiger charge is -2.33. The first-order chi connectivity index (χ1) is 7.89. The minimum Gasteiger partial charge on any atom is -0.344 e. The van der Waals surface area contributed by atoms with Gasteiger partial charge in [-0.1, -0.05) is 19.9 Å². The first-order valence-corrected chi connectivity index (χ1v) is 5.85. The smallest absolute Gasteiger partial charge is 0.270 e.